The number of nitrogens with one attached hydrogen (secondary N) is 1. The van der Waals surface area contributed by atoms with Crippen LogP contribution in [0.5, 0.6) is 0 Å². The average molecular weight is 356 g/mol. The van der Waals surface area contributed by atoms with E-state index in [9.17, 15) is 4.79 Å². The molecule has 0 aromatic carbocycles. The molecule has 4 nitrogen and oxygen atoms in total. The Hall–Kier alpha value is -1.29. The normalized spacial score (nSPS) is 37.2. The van der Waals surface area contributed by atoms with Crippen molar-refractivity contribution in [2.75, 3.05) is 19.6 Å². The number of rotatable bonds is 5. The first-order valence-corrected chi connectivity index (χ1v) is 10.8. The van der Waals surface area contributed by atoms with Crippen LogP contribution in [0.4, 0.5) is 0 Å². The quantitative estimate of drug-likeness (QED) is 0.878. The van der Waals surface area contributed by atoms with Crippen molar-refractivity contribution < 1.29 is 4.79 Å². The van der Waals surface area contributed by atoms with Gasteiger partial charge in [-0.25, -0.2) is 0 Å². The topological polar surface area (TPSA) is 37.3 Å². The number of likely N-dealkylation sites (tertiary alicyclic amines) is 1. The van der Waals surface area contributed by atoms with Crippen LogP contribution in [-0.2, 0) is 11.8 Å². The van der Waals surface area contributed by atoms with Crippen LogP contribution in [0.3, 0.4) is 0 Å². The number of carbonyl (C=O) groups is 1. The predicted octanol–water partition coefficient (Wildman–Crippen LogP) is 3.49. The Morgan fingerprint density at radius 1 is 1.15 bits per heavy atom. The molecule has 4 heteroatoms. The van der Waals surface area contributed by atoms with Crippen molar-refractivity contribution in [1.29, 1.82) is 0 Å². The minimum atomic E-state index is -0.0292. The third-order valence-corrected chi connectivity index (χ3v) is 7.88. The monoisotopic (exact) mass is 355 g/mol. The van der Waals surface area contributed by atoms with Gasteiger partial charge >= 0.3 is 0 Å². The van der Waals surface area contributed by atoms with E-state index in [2.05, 4.69) is 40.2 Å². The Labute approximate surface area is 157 Å². The second-order valence-electron chi connectivity index (χ2n) is 9.71. The molecule has 1 aliphatic heterocycles. The van der Waals surface area contributed by atoms with E-state index in [4.69, 9.17) is 0 Å². The summed E-state index contributed by atoms with van der Waals surface area (Å²) in [6.45, 7) is 3.07. The van der Waals surface area contributed by atoms with Crippen LogP contribution in [0.2, 0.25) is 0 Å². The smallest absolute Gasteiger partial charge is 0.226 e. The highest BCUT2D eigenvalue weighted by atomic mass is 16.2. The Morgan fingerprint density at radius 2 is 1.77 bits per heavy atom. The zero-order chi connectivity index (χ0) is 17.7. The van der Waals surface area contributed by atoms with Crippen molar-refractivity contribution in [3.8, 4) is 0 Å². The van der Waals surface area contributed by atoms with Crippen molar-refractivity contribution in [3.63, 3.8) is 0 Å². The Balaban J connectivity index is 1.30. The molecular formula is C22H33N3O. The summed E-state index contributed by atoms with van der Waals surface area (Å²) < 4.78 is 2.22. The molecule has 0 radical (unpaired) electrons. The highest BCUT2D eigenvalue weighted by Crippen LogP contribution is 2.60. The summed E-state index contributed by atoms with van der Waals surface area (Å²) in [4.78, 5) is 15.9. The molecule has 0 spiro atoms. The summed E-state index contributed by atoms with van der Waals surface area (Å²) in [5.41, 5.74) is 1.30. The second kappa shape index (κ2) is 6.40. The molecule has 1 N–H and O–H groups in total. The van der Waals surface area contributed by atoms with E-state index in [1.807, 2.05) is 0 Å². The number of hydrogen-bond donors (Lipinski definition) is 1. The van der Waals surface area contributed by atoms with Crippen LogP contribution >= 0.6 is 0 Å². The highest BCUT2D eigenvalue weighted by Gasteiger charge is 2.54. The molecule has 142 valence electrons. The van der Waals surface area contributed by atoms with Gasteiger partial charge in [0.25, 0.3) is 0 Å². The van der Waals surface area contributed by atoms with Crippen molar-refractivity contribution >= 4 is 5.91 Å². The standard InChI is InChI=1S/C22H33N3O/c1-24-6-4-5-19(24)20(25-7-2-3-8-25)15-23-21(26)22-12-16-9-17(13-22)11-18(10-16)14-22/h4-6,16-18,20H,2-3,7-15H2,1H3,(H,23,26). The van der Waals surface area contributed by atoms with Gasteiger partial charge in [-0.2, -0.15) is 0 Å². The van der Waals surface area contributed by atoms with Gasteiger partial charge in [0.2, 0.25) is 5.91 Å². The Morgan fingerprint density at radius 3 is 2.31 bits per heavy atom. The molecule has 1 atom stereocenters. The molecule has 1 saturated heterocycles. The van der Waals surface area contributed by atoms with Crippen molar-refractivity contribution in [1.82, 2.24) is 14.8 Å². The van der Waals surface area contributed by atoms with E-state index in [1.54, 1.807) is 0 Å². The lowest BCUT2D eigenvalue weighted by molar-refractivity contribution is -0.146. The summed E-state index contributed by atoms with van der Waals surface area (Å²) in [6, 6.07) is 4.66. The predicted molar refractivity (Wildman–Crippen MR) is 103 cm³/mol. The molecule has 1 aromatic rings. The molecule has 1 amide bonds. The van der Waals surface area contributed by atoms with Gasteiger partial charge in [-0.15, -0.1) is 0 Å². The zero-order valence-corrected chi connectivity index (χ0v) is 16.1. The molecule has 4 bridgehead atoms. The number of aryl methyl sites for hydroxylation is 1. The fourth-order valence-electron chi connectivity index (χ4n) is 7.06. The summed E-state index contributed by atoms with van der Waals surface area (Å²) in [7, 11) is 2.12. The van der Waals surface area contributed by atoms with Crippen LogP contribution in [-0.4, -0.2) is 35.0 Å². The van der Waals surface area contributed by atoms with E-state index in [0.717, 1.165) is 56.7 Å². The van der Waals surface area contributed by atoms with Gasteiger partial charge < -0.3 is 9.88 Å². The summed E-state index contributed by atoms with van der Waals surface area (Å²) >= 11 is 0. The van der Waals surface area contributed by atoms with E-state index in [-0.39, 0.29) is 5.41 Å². The number of amides is 1. The summed E-state index contributed by atoms with van der Waals surface area (Å²) in [6.07, 6.45) is 12.3. The van der Waals surface area contributed by atoms with Crippen LogP contribution in [0.1, 0.15) is 63.1 Å². The molecule has 4 saturated carbocycles. The fraction of sp³-hybridized carbons (Fsp3) is 0.773. The number of nitrogens with zero attached hydrogens (tertiary/aromatic N) is 2. The van der Waals surface area contributed by atoms with Crippen molar-refractivity contribution in [3.05, 3.63) is 24.0 Å². The van der Waals surface area contributed by atoms with E-state index >= 15 is 0 Å². The van der Waals surface area contributed by atoms with Crippen molar-refractivity contribution in [2.45, 2.75) is 57.4 Å². The van der Waals surface area contributed by atoms with Gasteiger partial charge in [0.15, 0.2) is 0 Å². The Kier molecular flexibility index (Phi) is 4.15. The van der Waals surface area contributed by atoms with Gasteiger partial charge in [0.05, 0.1) is 6.04 Å². The van der Waals surface area contributed by atoms with Gasteiger partial charge in [-0.3, -0.25) is 9.69 Å². The fourth-order valence-corrected chi connectivity index (χ4v) is 7.06. The number of hydrogen-bond acceptors (Lipinski definition) is 2. The van der Waals surface area contributed by atoms with Crippen LogP contribution in [0.25, 0.3) is 0 Å². The number of aromatic nitrogens is 1. The molecule has 1 unspecified atom stereocenters. The summed E-state index contributed by atoms with van der Waals surface area (Å²) in [5.74, 6) is 2.85. The molecule has 1 aromatic heterocycles. The van der Waals surface area contributed by atoms with Crippen LogP contribution < -0.4 is 5.32 Å². The lowest BCUT2D eigenvalue weighted by Crippen LogP contribution is -2.54. The van der Waals surface area contributed by atoms with Gasteiger partial charge in [0.1, 0.15) is 0 Å². The molecule has 6 rings (SSSR count). The van der Waals surface area contributed by atoms with Gasteiger partial charge in [0, 0.05) is 30.9 Å². The van der Waals surface area contributed by atoms with Crippen LogP contribution in [0, 0.1) is 23.2 Å². The third kappa shape index (κ3) is 2.81. The maximum Gasteiger partial charge on any atom is 0.226 e. The largest absolute Gasteiger partial charge is 0.354 e. The summed E-state index contributed by atoms with van der Waals surface area (Å²) in [5, 5.41) is 3.44. The van der Waals surface area contributed by atoms with E-state index < -0.39 is 0 Å². The maximum absolute atomic E-state index is 13.3. The zero-order valence-electron chi connectivity index (χ0n) is 16.1. The minimum absolute atomic E-state index is 0.0292. The third-order valence-electron chi connectivity index (χ3n) is 7.88. The van der Waals surface area contributed by atoms with E-state index in [1.165, 1.54) is 37.8 Å². The Bertz CT molecular complexity index is 637. The molecule has 5 aliphatic rings. The molecule has 2 heterocycles. The molecular weight excluding hydrogens is 322 g/mol. The lowest BCUT2D eigenvalue weighted by atomic mass is 9.49. The highest BCUT2D eigenvalue weighted by molar-refractivity contribution is 5.83. The van der Waals surface area contributed by atoms with Crippen LogP contribution in [0.15, 0.2) is 18.3 Å². The maximum atomic E-state index is 13.3. The second-order valence-corrected chi connectivity index (χ2v) is 9.71. The first-order valence-electron chi connectivity index (χ1n) is 10.8. The lowest BCUT2D eigenvalue weighted by Gasteiger charge is -2.55. The van der Waals surface area contributed by atoms with Crippen molar-refractivity contribution in [2.24, 2.45) is 30.2 Å². The number of carbonyl (C=O) groups excluding carboxylic acids is 1. The van der Waals surface area contributed by atoms with Gasteiger partial charge in [-0.05, 0) is 94.3 Å². The molecule has 5 fully saturated rings. The minimum Gasteiger partial charge on any atom is -0.354 e. The first-order chi connectivity index (χ1) is 12.6. The average Bonchev–Trinajstić information content (AvgIpc) is 3.26. The molecule has 26 heavy (non-hydrogen) atoms. The SMILES string of the molecule is Cn1cccc1C(CNC(=O)C12CC3CC(CC(C3)C1)C2)N1CCCC1. The first kappa shape index (κ1) is 16.9. The van der Waals surface area contributed by atoms with Gasteiger partial charge in [-0.1, -0.05) is 0 Å². The molecule has 4 aliphatic carbocycles. The van der Waals surface area contributed by atoms with E-state index in [0.29, 0.717) is 11.9 Å².